The van der Waals surface area contributed by atoms with Crippen LogP contribution in [0.25, 0.3) is 0 Å². The van der Waals surface area contributed by atoms with E-state index in [9.17, 15) is 4.79 Å². The van der Waals surface area contributed by atoms with Gasteiger partial charge in [-0.3, -0.25) is 9.69 Å². The number of ether oxygens (including phenoxy) is 2. The Hall–Kier alpha value is -1.92. The first-order chi connectivity index (χ1) is 15.4. The highest BCUT2D eigenvalue weighted by Crippen LogP contribution is 2.43. The Bertz CT molecular complexity index is 997. The van der Waals surface area contributed by atoms with Crippen molar-refractivity contribution in [3.8, 4) is 11.5 Å². The topological polar surface area (TPSA) is 38.8 Å². The minimum atomic E-state index is -1.31. The summed E-state index contributed by atoms with van der Waals surface area (Å²) in [5.74, 6) is 0.868. The highest BCUT2D eigenvalue weighted by Gasteiger charge is 2.44. The van der Waals surface area contributed by atoms with Gasteiger partial charge in [0.2, 0.25) is 0 Å². The van der Waals surface area contributed by atoms with Crippen LogP contribution >= 0.6 is 15.9 Å². The molecule has 0 saturated carbocycles. The summed E-state index contributed by atoms with van der Waals surface area (Å²) in [5.41, 5.74) is 1.50. The SMILES string of the molecule is CCC1CC(F)(CC2Cc3cc(OC)c(OC)cc3C2=O)CCN1Cc1cccc(Br)c1. The lowest BCUT2D eigenvalue weighted by molar-refractivity contribution is -0.00191. The normalized spacial score (nSPS) is 25.6. The minimum Gasteiger partial charge on any atom is -0.493 e. The molecule has 32 heavy (non-hydrogen) atoms. The third-order valence-corrected chi connectivity index (χ3v) is 7.53. The Morgan fingerprint density at radius 1 is 1.19 bits per heavy atom. The maximum Gasteiger partial charge on any atom is 0.166 e. The second kappa shape index (κ2) is 9.52. The van der Waals surface area contributed by atoms with E-state index in [4.69, 9.17) is 9.47 Å². The molecule has 4 rings (SSSR count). The molecule has 1 fully saturated rings. The van der Waals surface area contributed by atoms with Crippen LogP contribution in [0.5, 0.6) is 11.5 Å². The number of piperidine rings is 1. The van der Waals surface area contributed by atoms with Crippen molar-refractivity contribution in [2.45, 2.75) is 57.3 Å². The van der Waals surface area contributed by atoms with Gasteiger partial charge in [-0.25, -0.2) is 4.39 Å². The standard InChI is InChI=1S/C26H31BrFNO3/c1-4-21-15-26(28,8-9-29(21)16-17-6-5-7-20(27)10-17)14-19-11-18-12-23(31-2)24(32-3)13-22(18)25(19)30/h5-7,10,12-13,19,21H,4,8-9,11,14-16H2,1-3H3. The average Bonchev–Trinajstić information content (AvgIpc) is 3.08. The van der Waals surface area contributed by atoms with Crippen LogP contribution in [-0.2, 0) is 13.0 Å². The van der Waals surface area contributed by atoms with Crippen LogP contribution < -0.4 is 9.47 Å². The Balaban J connectivity index is 1.45. The molecule has 3 unspecified atom stereocenters. The van der Waals surface area contributed by atoms with Crippen molar-refractivity contribution in [2.75, 3.05) is 20.8 Å². The van der Waals surface area contributed by atoms with E-state index in [0.29, 0.717) is 42.9 Å². The minimum absolute atomic E-state index is 0.0302. The molecular weight excluding hydrogens is 473 g/mol. The number of rotatable bonds is 7. The zero-order valence-corrected chi connectivity index (χ0v) is 20.6. The molecule has 2 aromatic rings. The molecule has 0 aromatic heterocycles. The van der Waals surface area contributed by atoms with Gasteiger partial charge >= 0.3 is 0 Å². The number of halogens is 2. The number of carbonyl (C=O) groups is 1. The number of likely N-dealkylation sites (tertiary alicyclic amines) is 1. The fourth-order valence-electron chi connectivity index (χ4n) is 5.35. The average molecular weight is 504 g/mol. The van der Waals surface area contributed by atoms with Crippen molar-refractivity contribution in [1.82, 2.24) is 4.90 Å². The number of methoxy groups -OCH3 is 2. The van der Waals surface area contributed by atoms with Crippen LogP contribution in [0.1, 0.15) is 54.1 Å². The number of ketones is 1. The predicted octanol–water partition coefficient (Wildman–Crippen LogP) is 5.99. The lowest BCUT2D eigenvalue weighted by atomic mass is 9.79. The molecular formula is C26H31BrFNO3. The van der Waals surface area contributed by atoms with E-state index in [0.717, 1.165) is 23.0 Å². The summed E-state index contributed by atoms with van der Waals surface area (Å²) in [5, 5.41) is 0. The van der Waals surface area contributed by atoms with Gasteiger partial charge < -0.3 is 9.47 Å². The van der Waals surface area contributed by atoms with E-state index in [-0.39, 0.29) is 24.2 Å². The second-order valence-corrected chi connectivity index (χ2v) is 10.0. The number of benzene rings is 2. The summed E-state index contributed by atoms with van der Waals surface area (Å²) in [6, 6.07) is 12.1. The molecule has 1 saturated heterocycles. The Morgan fingerprint density at radius 2 is 1.94 bits per heavy atom. The van der Waals surface area contributed by atoms with E-state index in [1.807, 2.05) is 18.2 Å². The summed E-state index contributed by atoms with van der Waals surface area (Å²) >= 11 is 3.54. The van der Waals surface area contributed by atoms with Gasteiger partial charge in [0, 0.05) is 35.1 Å². The van der Waals surface area contributed by atoms with Crippen LogP contribution in [0.3, 0.4) is 0 Å². The molecule has 3 atom stereocenters. The van der Waals surface area contributed by atoms with Gasteiger partial charge in [-0.2, -0.15) is 0 Å². The highest BCUT2D eigenvalue weighted by atomic mass is 79.9. The van der Waals surface area contributed by atoms with Crippen LogP contribution in [0.4, 0.5) is 4.39 Å². The summed E-state index contributed by atoms with van der Waals surface area (Å²) < 4.78 is 27.9. The van der Waals surface area contributed by atoms with Crippen molar-refractivity contribution >= 4 is 21.7 Å². The van der Waals surface area contributed by atoms with E-state index in [1.54, 1.807) is 20.3 Å². The van der Waals surface area contributed by atoms with Crippen molar-refractivity contribution in [3.63, 3.8) is 0 Å². The lowest BCUT2D eigenvalue weighted by Crippen LogP contribution is -2.48. The molecule has 172 valence electrons. The van der Waals surface area contributed by atoms with Crippen LogP contribution in [0, 0.1) is 5.92 Å². The second-order valence-electron chi connectivity index (χ2n) is 9.10. The van der Waals surface area contributed by atoms with E-state index < -0.39 is 5.67 Å². The molecule has 6 heteroatoms. The fourth-order valence-corrected chi connectivity index (χ4v) is 5.80. The van der Waals surface area contributed by atoms with Crippen LogP contribution in [-0.4, -0.2) is 43.2 Å². The molecule has 2 aliphatic rings. The van der Waals surface area contributed by atoms with Gasteiger partial charge in [0.25, 0.3) is 0 Å². The number of carbonyl (C=O) groups excluding carboxylic acids is 1. The first-order valence-corrected chi connectivity index (χ1v) is 12.1. The number of Topliss-reactive ketones (excluding diaryl/α,β-unsaturated/α-hetero) is 1. The van der Waals surface area contributed by atoms with Crippen molar-refractivity contribution in [2.24, 2.45) is 5.92 Å². The molecule has 4 nitrogen and oxygen atoms in total. The fraction of sp³-hybridized carbons (Fsp3) is 0.500. The van der Waals surface area contributed by atoms with Gasteiger partial charge in [0.05, 0.1) is 14.2 Å². The number of hydrogen-bond acceptors (Lipinski definition) is 4. The molecule has 0 bridgehead atoms. The zero-order chi connectivity index (χ0) is 22.9. The first-order valence-electron chi connectivity index (χ1n) is 11.3. The first kappa shape index (κ1) is 23.2. The molecule has 0 spiro atoms. The van der Waals surface area contributed by atoms with Gasteiger partial charge in [0.15, 0.2) is 17.3 Å². The van der Waals surface area contributed by atoms with Crippen LogP contribution in [0.2, 0.25) is 0 Å². The van der Waals surface area contributed by atoms with E-state index in [1.165, 1.54) is 5.56 Å². The number of alkyl halides is 1. The van der Waals surface area contributed by atoms with Crippen LogP contribution in [0.15, 0.2) is 40.9 Å². The molecule has 1 aliphatic carbocycles. The Kier molecular flexibility index (Phi) is 6.91. The summed E-state index contributed by atoms with van der Waals surface area (Å²) in [6.45, 7) is 3.65. The van der Waals surface area contributed by atoms with Crippen molar-refractivity contribution in [1.29, 1.82) is 0 Å². The van der Waals surface area contributed by atoms with E-state index in [2.05, 4.69) is 39.9 Å². The highest BCUT2D eigenvalue weighted by molar-refractivity contribution is 9.10. The van der Waals surface area contributed by atoms with Gasteiger partial charge in [-0.05, 0) is 67.5 Å². The monoisotopic (exact) mass is 503 g/mol. The van der Waals surface area contributed by atoms with E-state index >= 15 is 4.39 Å². The number of nitrogens with zero attached hydrogens (tertiary/aromatic N) is 1. The van der Waals surface area contributed by atoms with Crippen molar-refractivity contribution in [3.05, 3.63) is 57.6 Å². The van der Waals surface area contributed by atoms with Gasteiger partial charge in [-0.1, -0.05) is 35.0 Å². The summed E-state index contributed by atoms with van der Waals surface area (Å²) in [4.78, 5) is 15.5. The molecule has 0 radical (unpaired) electrons. The lowest BCUT2D eigenvalue weighted by Gasteiger charge is -2.43. The van der Waals surface area contributed by atoms with Gasteiger partial charge in [0.1, 0.15) is 5.67 Å². The largest absolute Gasteiger partial charge is 0.493 e. The smallest absolute Gasteiger partial charge is 0.166 e. The molecule has 1 aliphatic heterocycles. The maximum absolute atomic E-state index is 16.1. The Labute approximate surface area is 198 Å². The molecule has 1 heterocycles. The number of hydrogen-bond donors (Lipinski definition) is 0. The van der Waals surface area contributed by atoms with Crippen molar-refractivity contribution < 1.29 is 18.7 Å². The zero-order valence-electron chi connectivity index (χ0n) is 19.0. The Morgan fingerprint density at radius 3 is 2.62 bits per heavy atom. The quantitative estimate of drug-likeness (QED) is 0.464. The molecule has 0 amide bonds. The summed E-state index contributed by atoms with van der Waals surface area (Å²) in [7, 11) is 3.15. The third-order valence-electron chi connectivity index (χ3n) is 7.04. The third kappa shape index (κ3) is 4.72. The molecule has 0 N–H and O–H groups in total. The predicted molar refractivity (Wildman–Crippen MR) is 127 cm³/mol. The maximum atomic E-state index is 16.1. The number of fused-ring (bicyclic) bond motifs is 1. The van der Waals surface area contributed by atoms with Gasteiger partial charge in [-0.15, -0.1) is 0 Å². The molecule has 2 aromatic carbocycles. The summed E-state index contributed by atoms with van der Waals surface area (Å²) in [6.07, 6.45) is 2.69.